The van der Waals surface area contributed by atoms with E-state index in [1.807, 2.05) is 39.0 Å². The van der Waals surface area contributed by atoms with Crippen molar-refractivity contribution in [1.29, 1.82) is 0 Å². The predicted molar refractivity (Wildman–Crippen MR) is 90.7 cm³/mol. The van der Waals surface area contributed by atoms with Gasteiger partial charge in [-0.25, -0.2) is 0 Å². The summed E-state index contributed by atoms with van der Waals surface area (Å²) in [4.78, 5) is 11.8. The monoisotopic (exact) mass is 440 g/mol. The molecule has 1 amide bonds. The SMILES string of the molecule is CC(C)(C)C(=O)NC(=S)Nc1ccc(Br)cc1I. The van der Waals surface area contributed by atoms with Gasteiger partial charge in [-0.15, -0.1) is 0 Å². The number of carbonyl (C=O) groups is 1. The summed E-state index contributed by atoms with van der Waals surface area (Å²) in [6.07, 6.45) is 0. The van der Waals surface area contributed by atoms with Gasteiger partial charge >= 0.3 is 0 Å². The second kappa shape index (κ2) is 6.29. The van der Waals surface area contributed by atoms with Crippen LogP contribution in [-0.4, -0.2) is 11.0 Å². The molecule has 0 bridgehead atoms. The van der Waals surface area contributed by atoms with E-state index in [4.69, 9.17) is 12.2 Å². The first-order valence-electron chi connectivity index (χ1n) is 5.27. The molecule has 2 N–H and O–H groups in total. The first kappa shape index (κ1) is 15.8. The van der Waals surface area contributed by atoms with Gasteiger partial charge in [-0.3, -0.25) is 4.79 Å². The van der Waals surface area contributed by atoms with Crippen LogP contribution < -0.4 is 10.6 Å². The smallest absolute Gasteiger partial charge is 0.231 e. The van der Waals surface area contributed by atoms with Crippen LogP contribution >= 0.6 is 50.7 Å². The van der Waals surface area contributed by atoms with Crippen molar-refractivity contribution < 1.29 is 4.79 Å². The first-order chi connectivity index (χ1) is 8.20. The van der Waals surface area contributed by atoms with Crippen molar-refractivity contribution in [3.05, 3.63) is 26.2 Å². The Balaban J connectivity index is 2.68. The van der Waals surface area contributed by atoms with E-state index in [0.29, 0.717) is 5.11 Å². The van der Waals surface area contributed by atoms with E-state index < -0.39 is 5.41 Å². The van der Waals surface area contributed by atoms with E-state index in [9.17, 15) is 4.79 Å². The molecule has 0 aliphatic rings. The van der Waals surface area contributed by atoms with E-state index >= 15 is 0 Å². The lowest BCUT2D eigenvalue weighted by atomic mass is 9.96. The number of anilines is 1. The molecule has 18 heavy (non-hydrogen) atoms. The molecule has 3 nitrogen and oxygen atoms in total. The molecule has 1 aromatic rings. The van der Waals surface area contributed by atoms with Crippen LogP contribution in [0, 0.1) is 8.99 Å². The average molecular weight is 441 g/mol. The molecule has 1 aromatic carbocycles. The van der Waals surface area contributed by atoms with Crippen molar-refractivity contribution in [2.45, 2.75) is 20.8 Å². The molecule has 0 saturated carbocycles. The molecule has 0 aliphatic carbocycles. The fourth-order valence-electron chi connectivity index (χ4n) is 1.04. The maximum Gasteiger partial charge on any atom is 0.231 e. The van der Waals surface area contributed by atoms with Gasteiger partial charge in [-0.2, -0.15) is 0 Å². The van der Waals surface area contributed by atoms with Crippen LogP contribution in [-0.2, 0) is 4.79 Å². The largest absolute Gasteiger partial charge is 0.332 e. The van der Waals surface area contributed by atoms with Gasteiger partial charge in [-0.05, 0) is 53.0 Å². The van der Waals surface area contributed by atoms with Crippen LogP contribution in [0.15, 0.2) is 22.7 Å². The third-order valence-electron chi connectivity index (χ3n) is 2.09. The summed E-state index contributed by atoms with van der Waals surface area (Å²) < 4.78 is 2.02. The number of hydrogen-bond donors (Lipinski definition) is 2. The van der Waals surface area contributed by atoms with Crippen molar-refractivity contribution in [3.8, 4) is 0 Å². The zero-order valence-electron chi connectivity index (χ0n) is 10.3. The summed E-state index contributed by atoms with van der Waals surface area (Å²) in [6.45, 7) is 5.52. The predicted octanol–water partition coefficient (Wildman–Crippen LogP) is 3.91. The fraction of sp³-hybridized carbons (Fsp3) is 0.333. The Labute approximate surface area is 134 Å². The minimum Gasteiger partial charge on any atom is -0.332 e. The maximum atomic E-state index is 11.8. The molecule has 0 atom stereocenters. The lowest BCUT2D eigenvalue weighted by molar-refractivity contribution is -0.126. The van der Waals surface area contributed by atoms with Gasteiger partial charge in [0.15, 0.2) is 5.11 Å². The van der Waals surface area contributed by atoms with Gasteiger partial charge in [0.1, 0.15) is 0 Å². The highest BCUT2D eigenvalue weighted by Crippen LogP contribution is 2.22. The summed E-state index contributed by atoms with van der Waals surface area (Å²) in [5.41, 5.74) is 0.413. The highest BCUT2D eigenvalue weighted by Gasteiger charge is 2.22. The zero-order chi connectivity index (χ0) is 13.9. The Morgan fingerprint density at radius 2 is 2.00 bits per heavy atom. The molecule has 0 spiro atoms. The molecule has 1 rings (SSSR count). The van der Waals surface area contributed by atoms with Crippen molar-refractivity contribution >= 4 is 67.4 Å². The minimum absolute atomic E-state index is 0.105. The zero-order valence-corrected chi connectivity index (χ0v) is 14.9. The van der Waals surface area contributed by atoms with E-state index in [1.165, 1.54) is 0 Å². The van der Waals surface area contributed by atoms with Crippen LogP contribution in [0.5, 0.6) is 0 Å². The molecule has 0 saturated heterocycles. The third-order valence-corrected chi connectivity index (χ3v) is 3.68. The molecule has 0 fully saturated rings. The number of hydrogen-bond acceptors (Lipinski definition) is 2. The van der Waals surface area contributed by atoms with Gasteiger partial charge in [-0.1, -0.05) is 36.7 Å². The summed E-state index contributed by atoms with van der Waals surface area (Å²) in [7, 11) is 0. The number of benzene rings is 1. The standard InChI is InChI=1S/C12H14BrIN2OS/c1-12(2,3)10(17)16-11(18)15-9-5-4-7(13)6-8(9)14/h4-6H,1-3H3,(H2,15,16,17,18). The Bertz CT molecular complexity index is 485. The van der Waals surface area contributed by atoms with E-state index in [1.54, 1.807) is 0 Å². The quantitative estimate of drug-likeness (QED) is 0.513. The van der Waals surface area contributed by atoms with E-state index in [-0.39, 0.29) is 5.91 Å². The number of thiocarbonyl (C=S) groups is 1. The van der Waals surface area contributed by atoms with Gasteiger partial charge in [0, 0.05) is 13.5 Å². The maximum absolute atomic E-state index is 11.8. The van der Waals surface area contributed by atoms with Crippen molar-refractivity contribution in [2.75, 3.05) is 5.32 Å². The number of rotatable bonds is 1. The lowest BCUT2D eigenvalue weighted by Gasteiger charge is -2.19. The number of amides is 1. The van der Waals surface area contributed by atoms with Crippen molar-refractivity contribution in [3.63, 3.8) is 0 Å². The second-order valence-corrected chi connectivity index (χ2v) is 7.27. The molecule has 0 radical (unpaired) electrons. The molecule has 0 aliphatic heterocycles. The highest BCUT2D eigenvalue weighted by molar-refractivity contribution is 14.1. The normalized spacial score (nSPS) is 10.9. The Morgan fingerprint density at radius 3 is 2.50 bits per heavy atom. The Hall–Kier alpha value is -0.210. The van der Waals surface area contributed by atoms with Crippen LogP contribution in [0.25, 0.3) is 0 Å². The molecule has 0 aromatic heterocycles. The fourth-order valence-corrected chi connectivity index (χ4v) is 2.68. The second-order valence-electron chi connectivity index (χ2n) is 4.78. The van der Waals surface area contributed by atoms with E-state index in [2.05, 4.69) is 49.2 Å². The summed E-state index contributed by atoms with van der Waals surface area (Å²) in [6, 6.07) is 5.79. The number of nitrogens with one attached hydrogen (secondary N) is 2. The molecule has 0 unspecified atom stereocenters. The highest BCUT2D eigenvalue weighted by atomic mass is 127. The van der Waals surface area contributed by atoms with Crippen molar-refractivity contribution in [2.24, 2.45) is 5.41 Å². The van der Waals surface area contributed by atoms with Gasteiger partial charge < -0.3 is 10.6 Å². The number of carbonyl (C=O) groups excluding carboxylic acids is 1. The Morgan fingerprint density at radius 1 is 1.39 bits per heavy atom. The summed E-state index contributed by atoms with van der Waals surface area (Å²) >= 11 is 10.7. The number of halogens is 2. The molecular weight excluding hydrogens is 427 g/mol. The van der Waals surface area contributed by atoms with Crippen molar-refractivity contribution in [1.82, 2.24) is 5.32 Å². The summed E-state index contributed by atoms with van der Waals surface area (Å²) in [5, 5.41) is 6.00. The van der Waals surface area contributed by atoms with Crippen LogP contribution in [0.4, 0.5) is 5.69 Å². The lowest BCUT2D eigenvalue weighted by Crippen LogP contribution is -2.41. The topological polar surface area (TPSA) is 41.1 Å². The first-order valence-corrected chi connectivity index (χ1v) is 7.55. The third kappa shape index (κ3) is 4.81. The van der Waals surface area contributed by atoms with Gasteiger partial charge in [0.05, 0.1) is 5.69 Å². The Kier molecular flexibility index (Phi) is 5.54. The van der Waals surface area contributed by atoms with Crippen LogP contribution in [0.2, 0.25) is 0 Å². The molecule has 0 heterocycles. The summed E-state index contributed by atoms with van der Waals surface area (Å²) in [5.74, 6) is -0.105. The van der Waals surface area contributed by atoms with Crippen LogP contribution in [0.1, 0.15) is 20.8 Å². The molecule has 98 valence electrons. The van der Waals surface area contributed by atoms with E-state index in [0.717, 1.165) is 13.7 Å². The van der Waals surface area contributed by atoms with Crippen LogP contribution in [0.3, 0.4) is 0 Å². The minimum atomic E-state index is -0.460. The molecule has 6 heteroatoms. The van der Waals surface area contributed by atoms with Gasteiger partial charge in [0.2, 0.25) is 5.91 Å². The average Bonchev–Trinajstić information content (AvgIpc) is 2.20. The molecular formula is C12H14BrIN2OS. The van der Waals surface area contributed by atoms with Gasteiger partial charge in [0.25, 0.3) is 0 Å².